The average Bonchev–Trinajstić information content (AvgIpc) is 2.61. The Labute approximate surface area is 144 Å². The first kappa shape index (κ1) is 17.1. The standard InChI is InChI=1S/C21H17F3O/c1-14-3-5-15(6-4-14)17-9-12-20(21(22,23)24)19(13-17)16-7-10-18(25-2)11-8-16/h3-13H,1-2H3. The fraction of sp³-hybridized carbons (Fsp3) is 0.143. The minimum Gasteiger partial charge on any atom is -0.497 e. The SMILES string of the molecule is COc1ccc(-c2cc(-c3ccc(C)cc3)ccc2C(F)(F)F)cc1. The summed E-state index contributed by atoms with van der Waals surface area (Å²) in [5.74, 6) is 0.604. The Balaban J connectivity index is 2.14. The maximum atomic E-state index is 13.4. The van der Waals surface area contributed by atoms with Gasteiger partial charge in [-0.25, -0.2) is 0 Å². The van der Waals surface area contributed by atoms with Crippen molar-refractivity contribution in [3.05, 3.63) is 77.9 Å². The fourth-order valence-corrected chi connectivity index (χ4v) is 2.73. The molecule has 4 heteroatoms. The number of aryl methyl sites for hydroxylation is 1. The highest BCUT2D eigenvalue weighted by atomic mass is 19.4. The van der Waals surface area contributed by atoms with Gasteiger partial charge in [-0.2, -0.15) is 13.2 Å². The van der Waals surface area contributed by atoms with Crippen molar-refractivity contribution in [3.8, 4) is 28.0 Å². The molecule has 0 atom stereocenters. The maximum absolute atomic E-state index is 13.4. The van der Waals surface area contributed by atoms with Gasteiger partial charge in [0.25, 0.3) is 0 Å². The van der Waals surface area contributed by atoms with E-state index in [-0.39, 0.29) is 5.56 Å². The molecule has 0 saturated carbocycles. The highest BCUT2D eigenvalue weighted by molar-refractivity contribution is 5.76. The highest BCUT2D eigenvalue weighted by Gasteiger charge is 2.33. The summed E-state index contributed by atoms with van der Waals surface area (Å²) in [4.78, 5) is 0. The van der Waals surface area contributed by atoms with Gasteiger partial charge in [0.15, 0.2) is 0 Å². The van der Waals surface area contributed by atoms with Crippen LogP contribution >= 0.6 is 0 Å². The van der Waals surface area contributed by atoms with E-state index in [2.05, 4.69) is 0 Å². The zero-order valence-electron chi connectivity index (χ0n) is 13.9. The molecule has 0 aliphatic rings. The van der Waals surface area contributed by atoms with Crippen LogP contribution in [0.3, 0.4) is 0 Å². The largest absolute Gasteiger partial charge is 0.497 e. The molecule has 0 amide bonds. The lowest BCUT2D eigenvalue weighted by Gasteiger charge is -2.15. The Hall–Kier alpha value is -2.75. The third-order valence-corrected chi connectivity index (χ3v) is 4.11. The van der Waals surface area contributed by atoms with Gasteiger partial charge in [-0.15, -0.1) is 0 Å². The second-order valence-corrected chi connectivity index (χ2v) is 5.85. The van der Waals surface area contributed by atoms with Crippen molar-refractivity contribution < 1.29 is 17.9 Å². The zero-order chi connectivity index (χ0) is 18.0. The molecule has 3 rings (SSSR count). The molecule has 3 aromatic carbocycles. The van der Waals surface area contributed by atoms with Gasteiger partial charge in [0, 0.05) is 0 Å². The molecule has 0 aromatic heterocycles. The number of methoxy groups -OCH3 is 1. The Morgan fingerprint density at radius 3 is 1.84 bits per heavy atom. The Morgan fingerprint density at radius 1 is 0.720 bits per heavy atom. The molecular formula is C21H17F3O. The van der Waals surface area contributed by atoms with Crippen molar-refractivity contribution in [2.24, 2.45) is 0 Å². The van der Waals surface area contributed by atoms with Crippen LogP contribution < -0.4 is 4.74 Å². The average molecular weight is 342 g/mol. The maximum Gasteiger partial charge on any atom is 0.417 e. The number of hydrogen-bond donors (Lipinski definition) is 0. The van der Waals surface area contributed by atoms with Gasteiger partial charge in [-0.3, -0.25) is 0 Å². The van der Waals surface area contributed by atoms with E-state index in [1.165, 1.54) is 13.2 Å². The van der Waals surface area contributed by atoms with Gasteiger partial charge in [0.1, 0.15) is 5.75 Å². The summed E-state index contributed by atoms with van der Waals surface area (Å²) in [7, 11) is 1.52. The molecule has 0 N–H and O–H groups in total. The molecule has 0 unspecified atom stereocenters. The van der Waals surface area contributed by atoms with Crippen LogP contribution in [0.2, 0.25) is 0 Å². The molecule has 25 heavy (non-hydrogen) atoms. The van der Waals surface area contributed by atoms with Crippen LogP contribution in [-0.2, 0) is 6.18 Å². The lowest BCUT2D eigenvalue weighted by Crippen LogP contribution is -2.07. The summed E-state index contributed by atoms with van der Waals surface area (Å²) in [6.07, 6.45) is -4.42. The van der Waals surface area contributed by atoms with Crippen LogP contribution in [0.25, 0.3) is 22.3 Å². The molecule has 0 spiro atoms. The number of rotatable bonds is 3. The van der Waals surface area contributed by atoms with E-state index in [1.807, 2.05) is 31.2 Å². The molecule has 1 nitrogen and oxygen atoms in total. The predicted octanol–water partition coefficient (Wildman–Crippen LogP) is 6.36. The molecule has 0 heterocycles. The number of halogens is 3. The van der Waals surface area contributed by atoms with Crippen LogP contribution in [0.1, 0.15) is 11.1 Å². The third kappa shape index (κ3) is 3.68. The number of alkyl halides is 3. The summed E-state index contributed by atoms with van der Waals surface area (Å²) < 4.78 is 45.4. The Morgan fingerprint density at radius 2 is 1.28 bits per heavy atom. The van der Waals surface area contributed by atoms with Crippen molar-refractivity contribution in [2.75, 3.05) is 7.11 Å². The fourth-order valence-electron chi connectivity index (χ4n) is 2.73. The molecule has 3 aromatic rings. The van der Waals surface area contributed by atoms with Crippen molar-refractivity contribution in [1.29, 1.82) is 0 Å². The van der Waals surface area contributed by atoms with Crippen molar-refractivity contribution in [1.82, 2.24) is 0 Å². The van der Waals surface area contributed by atoms with Crippen LogP contribution in [0.5, 0.6) is 5.75 Å². The van der Waals surface area contributed by atoms with Crippen molar-refractivity contribution in [3.63, 3.8) is 0 Å². The molecule has 0 radical (unpaired) electrons. The number of ether oxygens (including phenoxy) is 1. The third-order valence-electron chi connectivity index (χ3n) is 4.11. The van der Waals surface area contributed by atoms with E-state index >= 15 is 0 Å². The summed E-state index contributed by atoms with van der Waals surface area (Å²) in [6.45, 7) is 1.97. The first-order chi connectivity index (χ1) is 11.9. The summed E-state index contributed by atoms with van der Waals surface area (Å²) in [5.41, 5.74) is 2.75. The molecule has 128 valence electrons. The normalized spacial score (nSPS) is 11.4. The van der Waals surface area contributed by atoms with Gasteiger partial charge in [-0.05, 0) is 53.4 Å². The molecular weight excluding hydrogens is 325 g/mol. The lowest BCUT2D eigenvalue weighted by atomic mass is 9.94. The molecule has 0 fully saturated rings. The van der Waals surface area contributed by atoms with Crippen LogP contribution in [0.4, 0.5) is 13.2 Å². The molecule has 0 aliphatic heterocycles. The van der Waals surface area contributed by atoms with E-state index in [0.29, 0.717) is 11.3 Å². The van der Waals surface area contributed by atoms with Crippen LogP contribution in [0, 0.1) is 6.92 Å². The second kappa shape index (κ2) is 6.63. The quantitative estimate of drug-likeness (QED) is 0.538. The summed E-state index contributed by atoms with van der Waals surface area (Å²) in [5, 5.41) is 0. The minimum atomic E-state index is -4.42. The number of benzene rings is 3. The molecule has 0 saturated heterocycles. The van der Waals surface area contributed by atoms with E-state index < -0.39 is 11.7 Å². The Bertz CT molecular complexity index is 863. The highest BCUT2D eigenvalue weighted by Crippen LogP contribution is 2.39. The molecule has 0 aliphatic carbocycles. The predicted molar refractivity (Wildman–Crippen MR) is 93.6 cm³/mol. The lowest BCUT2D eigenvalue weighted by molar-refractivity contribution is -0.137. The van der Waals surface area contributed by atoms with Gasteiger partial charge in [0.2, 0.25) is 0 Å². The number of hydrogen-bond acceptors (Lipinski definition) is 1. The van der Waals surface area contributed by atoms with Crippen molar-refractivity contribution >= 4 is 0 Å². The molecule has 0 bridgehead atoms. The monoisotopic (exact) mass is 342 g/mol. The topological polar surface area (TPSA) is 9.23 Å². The summed E-state index contributed by atoms with van der Waals surface area (Å²) in [6, 6.07) is 18.6. The second-order valence-electron chi connectivity index (χ2n) is 5.85. The van der Waals surface area contributed by atoms with Crippen LogP contribution in [0.15, 0.2) is 66.7 Å². The van der Waals surface area contributed by atoms with E-state index in [0.717, 1.165) is 22.8 Å². The van der Waals surface area contributed by atoms with E-state index in [9.17, 15) is 13.2 Å². The smallest absolute Gasteiger partial charge is 0.417 e. The minimum absolute atomic E-state index is 0.160. The van der Waals surface area contributed by atoms with Gasteiger partial charge in [0.05, 0.1) is 12.7 Å². The first-order valence-electron chi connectivity index (χ1n) is 7.81. The van der Waals surface area contributed by atoms with Gasteiger partial charge < -0.3 is 4.74 Å². The first-order valence-corrected chi connectivity index (χ1v) is 7.81. The Kier molecular flexibility index (Phi) is 4.53. The zero-order valence-corrected chi connectivity index (χ0v) is 13.9. The van der Waals surface area contributed by atoms with E-state index in [1.54, 1.807) is 30.3 Å². The van der Waals surface area contributed by atoms with Crippen LogP contribution in [-0.4, -0.2) is 7.11 Å². The van der Waals surface area contributed by atoms with E-state index in [4.69, 9.17) is 4.74 Å². The summed E-state index contributed by atoms with van der Waals surface area (Å²) >= 11 is 0. The van der Waals surface area contributed by atoms with Gasteiger partial charge in [-0.1, -0.05) is 48.0 Å². The van der Waals surface area contributed by atoms with Gasteiger partial charge >= 0.3 is 6.18 Å². The van der Waals surface area contributed by atoms with Crippen molar-refractivity contribution in [2.45, 2.75) is 13.1 Å².